The Morgan fingerprint density at radius 2 is 1.73 bits per heavy atom. The average molecular weight is 409 g/mol. The summed E-state index contributed by atoms with van der Waals surface area (Å²) in [5.41, 5.74) is 9.01. The first kappa shape index (κ1) is 20.3. The second-order valence-corrected chi connectivity index (χ2v) is 7.71. The number of rotatable bonds is 4. The summed E-state index contributed by atoms with van der Waals surface area (Å²) in [4.78, 5) is 33.6. The SMILES string of the molecule is COc1ccc(C(=O)N2CCN(C(=O)C3CC(c4ccncc4)NN3)CC2)c(C)c1. The molecule has 0 aliphatic carbocycles. The highest BCUT2D eigenvalue weighted by Crippen LogP contribution is 2.23. The zero-order valence-corrected chi connectivity index (χ0v) is 17.3. The Kier molecular flexibility index (Phi) is 5.96. The van der Waals surface area contributed by atoms with Gasteiger partial charge in [0.1, 0.15) is 11.8 Å². The van der Waals surface area contributed by atoms with Gasteiger partial charge >= 0.3 is 0 Å². The first-order valence-corrected chi connectivity index (χ1v) is 10.2. The van der Waals surface area contributed by atoms with E-state index in [4.69, 9.17) is 4.74 Å². The van der Waals surface area contributed by atoms with Crippen LogP contribution in [0.3, 0.4) is 0 Å². The molecule has 2 aliphatic heterocycles. The Balaban J connectivity index is 1.32. The number of nitrogens with zero attached hydrogens (tertiary/aromatic N) is 3. The van der Waals surface area contributed by atoms with E-state index in [1.807, 2.05) is 34.9 Å². The molecule has 2 aliphatic rings. The molecule has 3 heterocycles. The molecule has 0 saturated carbocycles. The lowest BCUT2D eigenvalue weighted by atomic mass is 10.0. The molecule has 1 aromatic carbocycles. The largest absolute Gasteiger partial charge is 0.497 e. The van der Waals surface area contributed by atoms with E-state index < -0.39 is 0 Å². The molecular formula is C22H27N5O3. The maximum atomic E-state index is 12.9. The first-order valence-electron chi connectivity index (χ1n) is 10.2. The van der Waals surface area contributed by atoms with Crippen LogP contribution in [0.5, 0.6) is 5.75 Å². The third-order valence-electron chi connectivity index (χ3n) is 5.85. The number of nitrogens with one attached hydrogen (secondary N) is 2. The molecule has 0 spiro atoms. The van der Waals surface area contributed by atoms with Crippen LogP contribution in [0.4, 0.5) is 0 Å². The number of amides is 2. The van der Waals surface area contributed by atoms with E-state index in [1.165, 1.54) is 0 Å². The number of hydrazine groups is 1. The van der Waals surface area contributed by atoms with Gasteiger partial charge in [0.25, 0.3) is 5.91 Å². The fourth-order valence-corrected chi connectivity index (χ4v) is 4.06. The van der Waals surface area contributed by atoms with Gasteiger partial charge in [-0.25, -0.2) is 10.9 Å². The predicted octanol–water partition coefficient (Wildman–Crippen LogP) is 1.29. The number of benzene rings is 1. The first-order chi connectivity index (χ1) is 14.6. The quantitative estimate of drug-likeness (QED) is 0.792. The Hall–Kier alpha value is -2.97. The van der Waals surface area contributed by atoms with E-state index in [-0.39, 0.29) is 23.9 Å². The molecule has 2 atom stereocenters. The number of carbonyl (C=O) groups excluding carboxylic acids is 2. The predicted molar refractivity (Wildman–Crippen MR) is 112 cm³/mol. The van der Waals surface area contributed by atoms with Gasteiger partial charge in [0.05, 0.1) is 7.11 Å². The van der Waals surface area contributed by atoms with E-state index in [0.29, 0.717) is 38.2 Å². The minimum atomic E-state index is -0.269. The Morgan fingerprint density at radius 1 is 1.03 bits per heavy atom. The van der Waals surface area contributed by atoms with Gasteiger partial charge in [-0.05, 0) is 54.8 Å². The summed E-state index contributed by atoms with van der Waals surface area (Å²) in [6.07, 6.45) is 4.20. The number of piperazine rings is 1. The molecule has 2 fully saturated rings. The van der Waals surface area contributed by atoms with Crippen molar-refractivity contribution < 1.29 is 14.3 Å². The normalized spacial score (nSPS) is 21.5. The third kappa shape index (κ3) is 4.15. The molecule has 2 saturated heterocycles. The van der Waals surface area contributed by atoms with Gasteiger partial charge in [0.2, 0.25) is 5.91 Å². The van der Waals surface area contributed by atoms with E-state index in [2.05, 4.69) is 15.8 Å². The van der Waals surface area contributed by atoms with Crippen LogP contribution in [0, 0.1) is 6.92 Å². The second kappa shape index (κ2) is 8.81. The molecule has 8 nitrogen and oxygen atoms in total. The van der Waals surface area contributed by atoms with Gasteiger partial charge < -0.3 is 14.5 Å². The summed E-state index contributed by atoms with van der Waals surface area (Å²) in [5.74, 6) is 0.814. The summed E-state index contributed by atoms with van der Waals surface area (Å²) < 4.78 is 5.22. The van der Waals surface area contributed by atoms with Crippen LogP contribution in [0.2, 0.25) is 0 Å². The third-order valence-corrected chi connectivity index (χ3v) is 5.85. The van der Waals surface area contributed by atoms with Crippen LogP contribution in [0.15, 0.2) is 42.7 Å². The number of methoxy groups -OCH3 is 1. The molecule has 4 rings (SSSR count). The van der Waals surface area contributed by atoms with Crippen molar-refractivity contribution in [1.82, 2.24) is 25.6 Å². The lowest BCUT2D eigenvalue weighted by Gasteiger charge is -2.36. The summed E-state index contributed by atoms with van der Waals surface area (Å²) >= 11 is 0. The van der Waals surface area contributed by atoms with E-state index in [0.717, 1.165) is 16.9 Å². The van der Waals surface area contributed by atoms with Crippen LogP contribution in [-0.4, -0.2) is 65.9 Å². The van der Waals surface area contributed by atoms with E-state index >= 15 is 0 Å². The van der Waals surface area contributed by atoms with Gasteiger partial charge in [-0.3, -0.25) is 14.6 Å². The van der Waals surface area contributed by atoms with Crippen LogP contribution in [0.25, 0.3) is 0 Å². The monoisotopic (exact) mass is 409 g/mol. The van der Waals surface area contributed by atoms with Crippen molar-refractivity contribution in [3.05, 3.63) is 59.4 Å². The minimum Gasteiger partial charge on any atom is -0.497 e. The number of ether oxygens (including phenoxy) is 1. The van der Waals surface area contributed by atoms with Crippen molar-refractivity contribution in [2.45, 2.75) is 25.4 Å². The van der Waals surface area contributed by atoms with Gasteiger partial charge in [0.15, 0.2) is 0 Å². The van der Waals surface area contributed by atoms with Crippen molar-refractivity contribution in [1.29, 1.82) is 0 Å². The molecule has 0 radical (unpaired) electrons. The lowest BCUT2D eigenvalue weighted by molar-refractivity contribution is -0.134. The van der Waals surface area contributed by atoms with Crippen LogP contribution in [-0.2, 0) is 4.79 Å². The molecule has 2 aromatic rings. The standard InChI is InChI=1S/C22H27N5O3/c1-15-13-17(30-2)3-4-18(15)21(28)26-9-11-27(12-10-26)22(29)20-14-19(24-25-20)16-5-7-23-8-6-16/h3-8,13,19-20,24-25H,9-12,14H2,1-2H3. The fraction of sp³-hybridized carbons (Fsp3) is 0.409. The number of aromatic nitrogens is 1. The zero-order chi connectivity index (χ0) is 21.1. The van der Waals surface area contributed by atoms with Crippen LogP contribution < -0.4 is 15.6 Å². The summed E-state index contributed by atoms with van der Waals surface area (Å²) in [5, 5.41) is 0. The second-order valence-electron chi connectivity index (χ2n) is 7.71. The van der Waals surface area contributed by atoms with Crippen molar-refractivity contribution >= 4 is 11.8 Å². The number of pyridine rings is 1. The minimum absolute atomic E-state index is 0.000612. The van der Waals surface area contributed by atoms with Crippen molar-refractivity contribution in [2.75, 3.05) is 33.3 Å². The van der Waals surface area contributed by atoms with Crippen molar-refractivity contribution in [2.24, 2.45) is 0 Å². The molecule has 8 heteroatoms. The van der Waals surface area contributed by atoms with Gasteiger partial charge in [0, 0.05) is 50.2 Å². The number of aryl methyl sites for hydroxylation is 1. The van der Waals surface area contributed by atoms with E-state index in [1.54, 1.807) is 31.6 Å². The molecule has 2 N–H and O–H groups in total. The highest BCUT2D eigenvalue weighted by molar-refractivity contribution is 5.96. The molecular weight excluding hydrogens is 382 g/mol. The molecule has 2 amide bonds. The fourth-order valence-electron chi connectivity index (χ4n) is 4.06. The van der Waals surface area contributed by atoms with Gasteiger partial charge in [-0.1, -0.05) is 0 Å². The molecule has 0 bridgehead atoms. The van der Waals surface area contributed by atoms with Crippen LogP contribution in [0.1, 0.15) is 33.9 Å². The van der Waals surface area contributed by atoms with Gasteiger partial charge in [-0.15, -0.1) is 0 Å². The summed E-state index contributed by atoms with van der Waals surface area (Å²) in [7, 11) is 1.61. The topological polar surface area (TPSA) is 86.8 Å². The number of carbonyl (C=O) groups is 2. The van der Waals surface area contributed by atoms with Crippen molar-refractivity contribution in [3.8, 4) is 5.75 Å². The zero-order valence-electron chi connectivity index (χ0n) is 17.3. The maximum absolute atomic E-state index is 12.9. The molecule has 158 valence electrons. The highest BCUT2D eigenvalue weighted by Gasteiger charge is 2.34. The maximum Gasteiger partial charge on any atom is 0.254 e. The molecule has 1 aromatic heterocycles. The summed E-state index contributed by atoms with van der Waals surface area (Å²) in [6.45, 7) is 4.05. The molecule has 2 unspecified atom stereocenters. The lowest BCUT2D eigenvalue weighted by Crippen LogP contribution is -2.54. The number of hydrogen-bond acceptors (Lipinski definition) is 6. The van der Waals surface area contributed by atoms with Crippen LogP contribution >= 0.6 is 0 Å². The smallest absolute Gasteiger partial charge is 0.254 e. The molecule has 30 heavy (non-hydrogen) atoms. The average Bonchev–Trinajstić information content (AvgIpc) is 3.29. The number of hydrogen-bond donors (Lipinski definition) is 2. The van der Waals surface area contributed by atoms with Gasteiger partial charge in [-0.2, -0.15) is 0 Å². The Morgan fingerprint density at radius 3 is 2.40 bits per heavy atom. The van der Waals surface area contributed by atoms with E-state index in [9.17, 15) is 9.59 Å². The highest BCUT2D eigenvalue weighted by atomic mass is 16.5. The summed E-state index contributed by atoms with van der Waals surface area (Å²) in [6, 6.07) is 9.21. The Bertz CT molecular complexity index is 912. The Labute approximate surface area is 176 Å². The van der Waals surface area contributed by atoms with Crippen molar-refractivity contribution in [3.63, 3.8) is 0 Å².